The molecule has 1 aromatic heterocycles. The summed E-state index contributed by atoms with van der Waals surface area (Å²) < 4.78 is 18.6. The Kier molecular flexibility index (Phi) is 4.53. The van der Waals surface area contributed by atoms with Crippen LogP contribution < -0.4 is 15.0 Å². The Labute approximate surface area is 154 Å². The number of anilines is 2. The number of benzene rings is 2. The molecule has 0 saturated carbocycles. The Morgan fingerprint density at radius 1 is 1.19 bits per heavy atom. The molecule has 0 atom stereocenters. The number of fused-ring (bicyclic) bond motifs is 1. The van der Waals surface area contributed by atoms with E-state index in [2.05, 4.69) is 10.3 Å². The lowest BCUT2D eigenvalue weighted by atomic mass is 10.0. The zero-order valence-corrected chi connectivity index (χ0v) is 14.6. The molecule has 1 aliphatic heterocycles. The van der Waals surface area contributed by atoms with E-state index in [-0.39, 0.29) is 11.8 Å². The molecule has 0 saturated heterocycles. The summed E-state index contributed by atoms with van der Waals surface area (Å²) >= 11 is 1.22. The molecule has 5 nitrogen and oxygen atoms in total. The predicted molar refractivity (Wildman–Crippen MR) is 99.7 cm³/mol. The summed E-state index contributed by atoms with van der Waals surface area (Å²) in [5.41, 5.74) is 2.11. The molecule has 7 heteroatoms. The highest BCUT2D eigenvalue weighted by Crippen LogP contribution is 2.32. The van der Waals surface area contributed by atoms with Crippen LogP contribution in [0.25, 0.3) is 0 Å². The first kappa shape index (κ1) is 16.5. The van der Waals surface area contributed by atoms with Gasteiger partial charge < -0.3 is 4.74 Å². The van der Waals surface area contributed by atoms with Gasteiger partial charge in [0.05, 0.1) is 6.20 Å². The van der Waals surface area contributed by atoms with Gasteiger partial charge in [0.2, 0.25) is 5.06 Å². The van der Waals surface area contributed by atoms with Crippen LogP contribution in [0.5, 0.6) is 10.8 Å². The number of urea groups is 1. The van der Waals surface area contributed by atoms with E-state index in [1.54, 1.807) is 4.90 Å². The fourth-order valence-corrected chi connectivity index (χ4v) is 3.56. The van der Waals surface area contributed by atoms with Crippen LogP contribution in [0.15, 0.2) is 54.7 Å². The van der Waals surface area contributed by atoms with Gasteiger partial charge in [-0.25, -0.2) is 14.2 Å². The molecule has 3 aromatic rings. The van der Waals surface area contributed by atoms with Gasteiger partial charge in [-0.15, -0.1) is 0 Å². The second-order valence-electron chi connectivity index (χ2n) is 5.85. The zero-order valence-electron chi connectivity index (χ0n) is 13.8. The van der Waals surface area contributed by atoms with E-state index >= 15 is 0 Å². The highest BCUT2D eigenvalue weighted by molar-refractivity contribution is 7.17. The number of amides is 2. The number of para-hydroxylation sites is 1. The van der Waals surface area contributed by atoms with Gasteiger partial charge in [0, 0.05) is 12.2 Å². The van der Waals surface area contributed by atoms with Crippen LogP contribution in [0.3, 0.4) is 0 Å². The van der Waals surface area contributed by atoms with Crippen molar-refractivity contribution in [2.45, 2.75) is 12.8 Å². The molecule has 2 amide bonds. The zero-order chi connectivity index (χ0) is 17.9. The lowest BCUT2D eigenvalue weighted by Gasteiger charge is -2.29. The van der Waals surface area contributed by atoms with Gasteiger partial charge in [-0.2, -0.15) is 0 Å². The monoisotopic (exact) mass is 369 g/mol. The van der Waals surface area contributed by atoms with Crippen LogP contribution in [-0.4, -0.2) is 17.6 Å². The molecule has 0 radical (unpaired) electrons. The largest absolute Gasteiger partial charge is 0.445 e. The van der Waals surface area contributed by atoms with Crippen molar-refractivity contribution >= 4 is 28.2 Å². The van der Waals surface area contributed by atoms with Crippen molar-refractivity contribution in [3.05, 3.63) is 66.1 Å². The molecule has 0 aliphatic carbocycles. The first-order valence-electron chi connectivity index (χ1n) is 8.25. The number of aryl methyl sites for hydroxylation is 1. The number of nitrogens with zero attached hydrogens (tertiary/aromatic N) is 2. The van der Waals surface area contributed by atoms with Crippen molar-refractivity contribution in [3.8, 4) is 10.8 Å². The maximum Gasteiger partial charge on any atom is 0.328 e. The van der Waals surface area contributed by atoms with Crippen molar-refractivity contribution in [2.24, 2.45) is 0 Å². The molecule has 0 spiro atoms. The minimum absolute atomic E-state index is 0.208. The van der Waals surface area contributed by atoms with E-state index in [0.29, 0.717) is 22.5 Å². The standard InChI is InChI=1S/C19H16FN3O2S/c20-14-7-9-15(10-8-14)25-17-12-21-18(26-17)22-19(24)23-11-3-5-13-4-1-2-6-16(13)23/h1-2,4,6-10,12H,3,5,11H2,(H,21,22,24). The van der Waals surface area contributed by atoms with Crippen molar-refractivity contribution in [1.82, 2.24) is 4.98 Å². The molecule has 26 heavy (non-hydrogen) atoms. The SMILES string of the molecule is O=C(Nc1ncc(Oc2ccc(F)cc2)s1)N1CCCc2ccccc21. The number of hydrogen-bond acceptors (Lipinski definition) is 4. The molecule has 0 bridgehead atoms. The normalized spacial score (nSPS) is 13.2. The van der Waals surface area contributed by atoms with Crippen LogP contribution in [0.4, 0.5) is 20.0 Å². The van der Waals surface area contributed by atoms with Gasteiger partial charge in [-0.1, -0.05) is 29.5 Å². The third-order valence-corrected chi connectivity index (χ3v) is 4.88. The maximum atomic E-state index is 12.9. The Bertz CT molecular complexity index is 927. The summed E-state index contributed by atoms with van der Waals surface area (Å²) in [5.74, 6) is 0.189. The number of aromatic nitrogens is 1. The third-order valence-electron chi connectivity index (χ3n) is 4.09. The smallest absolute Gasteiger partial charge is 0.328 e. The number of thiazole rings is 1. The van der Waals surface area contributed by atoms with Crippen LogP contribution in [-0.2, 0) is 6.42 Å². The van der Waals surface area contributed by atoms with Crippen LogP contribution >= 0.6 is 11.3 Å². The lowest BCUT2D eigenvalue weighted by molar-refractivity contribution is 0.256. The summed E-state index contributed by atoms with van der Waals surface area (Å²) in [6.07, 6.45) is 3.45. The molecule has 1 N–H and O–H groups in total. The number of hydrogen-bond donors (Lipinski definition) is 1. The molecule has 2 aromatic carbocycles. The quantitative estimate of drug-likeness (QED) is 0.702. The van der Waals surface area contributed by atoms with Gasteiger partial charge in [0.25, 0.3) is 0 Å². The molecule has 132 valence electrons. The van der Waals surface area contributed by atoms with Crippen LogP contribution in [0.2, 0.25) is 0 Å². The first-order valence-corrected chi connectivity index (χ1v) is 9.06. The number of rotatable bonds is 3. The van der Waals surface area contributed by atoms with Gasteiger partial charge in [-0.05, 0) is 48.7 Å². The molecule has 1 aliphatic rings. The first-order chi connectivity index (χ1) is 12.7. The topological polar surface area (TPSA) is 54.5 Å². The third kappa shape index (κ3) is 3.52. The summed E-state index contributed by atoms with van der Waals surface area (Å²) in [6, 6.07) is 13.4. The second-order valence-corrected chi connectivity index (χ2v) is 6.85. The van der Waals surface area contributed by atoms with Gasteiger partial charge >= 0.3 is 6.03 Å². The van der Waals surface area contributed by atoms with Crippen molar-refractivity contribution in [2.75, 3.05) is 16.8 Å². The minimum atomic E-state index is -0.323. The average Bonchev–Trinajstić information content (AvgIpc) is 3.10. The van der Waals surface area contributed by atoms with Crippen molar-refractivity contribution in [3.63, 3.8) is 0 Å². The Balaban J connectivity index is 1.44. The molecular formula is C19H16FN3O2S. The van der Waals surface area contributed by atoms with E-state index in [0.717, 1.165) is 18.5 Å². The fourth-order valence-electron chi connectivity index (χ4n) is 2.89. The number of carbonyl (C=O) groups is 1. The summed E-state index contributed by atoms with van der Waals surface area (Å²) in [4.78, 5) is 18.6. The van der Waals surface area contributed by atoms with E-state index in [1.807, 2.05) is 24.3 Å². The Hall–Kier alpha value is -2.93. The van der Waals surface area contributed by atoms with Gasteiger partial charge in [0.1, 0.15) is 11.6 Å². The van der Waals surface area contributed by atoms with Crippen LogP contribution in [0, 0.1) is 5.82 Å². The molecular weight excluding hydrogens is 353 g/mol. The number of ether oxygens (including phenoxy) is 1. The maximum absolute atomic E-state index is 12.9. The average molecular weight is 369 g/mol. The molecule has 4 rings (SSSR count). The van der Waals surface area contributed by atoms with Crippen molar-refractivity contribution < 1.29 is 13.9 Å². The Morgan fingerprint density at radius 3 is 2.85 bits per heavy atom. The van der Waals surface area contributed by atoms with Gasteiger partial charge in [0.15, 0.2) is 5.13 Å². The number of nitrogens with one attached hydrogen (secondary N) is 1. The summed E-state index contributed by atoms with van der Waals surface area (Å²) in [6.45, 7) is 0.674. The highest BCUT2D eigenvalue weighted by atomic mass is 32.1. The lowest BCUT2D eigenvalue weighted by Crippen LogP contribution is -2.38. The predicted octanol–water partition coefficient (Wildman–Crippen LogP) is 5.06. The fraction of sp³-hybridized carbons (Fsp3) is 0.158. The van der Waals surface area contributed by atoms with E-state index in [1.165, 1.54) is 47.4 Å². The number of halogens is 1. The van der Waals surface area contributed by atoms with Gasteiger partial charge in [-0.3, -0.25) is 10.2 Å². The van der Waals surface area contributed by atoms with Crippen LogP contribution in [0.1, 0.15) is 12.0 Å². The van der Waals surface area contributed by atoms with E-state index in [9.17, 15) is 9.18 Å². The second kappa shape index (κ2) is 7.13. The molecule has 0 fully saturated rings. The summed E-state index contributed by atoms with van der Waals surface area (Å²) in [5, 5.41) is 3.80. The number of carbonyl (C=O) groups excluding carboxylic acids is 1. The molecule has 0 unspecified atom stereocenters. The summed E-state index contributed by atoms with van der Waals surface area (Å²) in [7, 11) is 0. The Morgan fingerprint density at radius 2 is 2.00 bits per heavy atom. The minimum Gasteiger partial charge on any atom is -0.445 e. The highest BCUT2D eigenvalue weighted by Gasteiger charge is 2.22. The van der Waals surface area contributed by atoms with E-state index < -0.39 is 0 Å². The van der Waals surface area contributed by atoms with E-state index in [4.69, 9.17) is 4.74 Å². The molecule has 2 heterocycles. The van der Waals surface area contributed by atoms with Crippen molar-refractivity contribution in [1.29, 1.82) is 0 Å².